The molecule has 1 rings (SSSR count). The summed E-state index contributed by atoms with van der Waals surface area (Å²) in [6.07, 6.45) is 3.02. The Morgan fingerprint density at radius 2 is 2.08 bits per heavy atom. The molecule has 0 radical (unpaired) electrons. The molecule has 9 heteroatoms. The molecular weight excluding hydrogens is 362 g/mol. The van der Waals surface area contributed by atoms with Gasteiger partial charge in [-0.1, -0.05) is 25.4 Å². The van der Waals surface area contributed by atoms with Gasteiger partial charge in [0, 0.05) is 31.3 Å². The minimum atomic E-state index is -0.351. The number of ether oxygens (including phenoxy) is 1. The summed E-state index contributed by atoms with van der Waals surface area (Å²) in [7, 11) is 1.61. The van der Waals surface area contributed by atoms with Crippen LogP contribution >= 0.6 is 23.8 Å². The molecule has 140 valence electrons. The van der Waals surface area contributed by atoms with E-state index in [4.69, 9.17) is 28.6 Å². The van der Waals surface area contributed by atoms with Gasteiger partial charge in [-0.05, 0) is 38.1 Å². The number of methoxy groups -OCH3 is 1. The van der Waals surface area contributed by atoms with Gasteiger partial charge >= 0.3 is 0 Å². The average molecular weight is 388 g/mol. The van der Waals surface area contributed by atoms with E-state index in [9.17, 15) is 4.79 Å². The molecule has 0 saturated carbocycles. The topological polar surface area (TPSA) is 80.2 Å². The first-order chi connectivity index (χ1) is 11.7. The molecule has 3 N–H and O–H groups in total. The van der Waals surface area contributed by atoms with Crippen LogP contribution in [0.2, 0.25) is 5.15 Å². The number of nitrogens with one attached hydrogen (secondary N) is 3. The predicted molar refractivity (Wildman–Crippen MR) is 104 cm³/mol. The number of carbonyl (C=O) groups is 1. The Morgan fingerprint density at radius 1 is 1.40 bits per heavy atom. The fraction of sp³-hybridized carbons (Fsp3) is 0.562. The summed E-state index contributed by atoms with van der Waals surface area (Å²) in [5.74, 6) is 0.0748. The lowest BCUT2D eigenvalue weighted by molar-refractivity contribution is -0.116. The molecule has 0 fully saturated rings. The van der Waals surface area contributed by atoms with Crippen LogP contribution in [0.25, 0.3) is 6.08 Å². The standard InChI is InChI=1S/C16H26ClN5O2S/c1-10(2)8-22-15(17)13(12(4)21-22)6-7-14(23)19-20-16(25)18-11(3)9-24-5/h6-7,10-11H,8-9H2,1-5H3,(H,19,23)(H2,18,20,25)/b7-6+/t11-/m1/s1. The highest BCUT2D eigenvalue weighted by atomic mass is 35.5. The highest BCUT2D eigenvalue weighted by Gasteiger charge is 2.12. The number of aromatic nitrogens is 2. The van der Waals surface area contributed by atoms with Gasteiger partial charge < -0.3 is 10.1 Å². The second-order valence-electron chi connectivity index (χ2n) is 6.14. The fourth-order valence-corrected chi connectivity index (χ4v) is 2.65. The maximum Gasteiger partial charge on any atom is 0.262 e. The summed E-state index contributed by atoms with van der Waals surface area (Å²) in [4.78, 5) is 11.9. The molecule has 25 heavy (non-hydrogen) atoms. The van der Waals surface area contributed by atoms with Crippen molar-refractivity contribution in [1.82, 2.24) is 25.9 Å². The Bertz CT molecular complexity index is 630. The Morgan fingerprint density at radius 3 is 2.68 bits per heavy atom. The molecule has 0 aliphatic heterocycles. The zero-order valence-electron chi connectivity index (χ0n) is 15.2. The fourth-order valence-electron chi connectivity index (χ4n) is 2.09. The third kappa shape index (κ3) is 7.41. The van der Waals surface area contributed by atoms with E-state index in [-0.39, 0.29) is 11.9 Å². The van der Waals surface area contributed by atoms with Crippen molar-refractivity contribution in [2.24, 2.45) is 5.92 Å². The maximum absolute atomic E-state index is 11.9. The van der Waals surface area contributed by atoms with Crippen molar-refractivity contribution in [1.29, 1.82) is 0 Å². The quantitative estimate of drug-likeness (QED) is 0.377. The van der Waals surface area contributed by atoms with Gasteiger partial charge in [0.15, 0.2) is 5.11 Å². The van der Waals surface area contributed by atoms with Gasteiger partial charge in [0.2, 0.25) is 0 Å². The minimum absolute atomic E-state index is 0.0331. The van der Waals surface area contributed by atoms with E-state index in [0.717, 1.165) is 17.8 Å². The Balaban J connectivity index is 2.57. The normalized spacial score (nSPS) is 12.4. The molecule has 1 heterocycles. The predicted octanol–water partition coefficient (Wildman–Crippen LogP) is 2.04. The summed E-state index contributed by atoms with van der Waals surface area (Å²) >= 11 is 11.4. The summed E-state index contributed by atoms with van der Waals surface area (Å²) in [5, 5.41) is 8.20. The van der Waals surface area contributed by atoms with Gasteiger partial charge in [-0.25, -0.2) is 0 Å². The van der Waals surface area contributed by atoms with Crippen molar-refractivity contribution >= 4 is 40.9 Å². The number of carbonyl (C=O) groups excluding carboxylic acids is 1. The minimum Gasteiger partial charge on any atom is -0.383 e. The molecule has 7 nitrogen and oxygen atoms in total. The van der Waals surface area contributed by atoms with Crippen LogP contribution in [0.15, 0.2) is 6.08 Å². The first kappa shape index (κ1) is 21.4. The van der Waals surface area contributed by atoms with E-state index in [1.54, 1.807) is 17.9 Å². The second-order valence-corrected chi connectivity index (χ2v) is 6.91. The number of nitrogens with zero attached hydrogens (tertiary/aromatic N) is 2. The zero-order valence-corrected chi connectivity index (χ0v) is 16.8. The molecule has 0 unspecified atom stereocenters. The van der Waals surface area contributed by atoms with Crippen LogP contribution in [0.3, 0.4) is 0 Å². The molecule has 1 amide bonds. The molecule has 0 spiro atoms. The van der Waals surface area contributed by atoms with Crippen molar-refractivity contribution in [2.45, 2.75) is 40.3 Å². The van der Waals surface area contributed by atoms with Gasteiger partial charge in [-0.3, -0.25) is 20.3 Å². The van der Waals surface area contributed by atoms with Crippen molar-refractivity contribution in [2.75, 3.05) is 13.7 Å². The van der Waals surface area contributed by atoms with Gasteiger partial charge in [0.05, 0.1) is 12.3 Å². The van der Waals surface area contributed by atoms with E-state index < -0.39 is 0 Å². The first-order valence-electron chi connectivity index (χ1n) is 8.01. The monoisotopic (exact) mass is 387 g/mol. The van der Waals surface area contributed by atoms with E-state index in [0.29, 0.717) is 22.8 Å². The SMILES string of the molecule is COC[C@@H](C)NC(=S)NNC(=O)/C=C/c1c(C)nn(CC(C)C)c1Cl. The van der Waals surface area contributed by atoms with E-state index in [2.05, 4.69) is 35.1 Å². The lowest BCUT2D eigenvalue weighted by atomic mass is 10.2. The summed E-state index contributed by atoms with van der Waals surface area (Å²) in [6, 6.07) is 0.0331. The molecule has 0 bridgehead atoms. The third-order valence-electron chi connectivity index (χ3n) is 3.14. The number of hydrogen-bond donors (Lipinski definition) is 3. The van der Waals surface area contributed by atoms with Gasteiger partial charge in [-0.15, -0.1) is 0 Å². The highest BCUT2D eigenvalue weighted by Crippen LogP contribution is 2.22. The highest BCUT2D eigenvalue weighted by molar-refractivity contribution is 7.80. The first-order valence-corrected chi connectivity index (χ1v) is 8.79. The molecule has 1 aromatic heterocycles. The molecule has 0 aromatic carbocycles. The number of thiocarbonyl (C=S) groups is 1. The molecule has 1 atom stereocenters. The lowest BCUT2D eigenvalue weighted by Crippen LogP contribution is -2.49. The summed E-state index contributed by atoms with van der Waals surface area (Å²) in [5.41, 5.74) is 6.62. The van der Waals surface area contributed by atoms with Gasteiger partial charge in [-0.2, -0.15) is 5.10 Å². The van der Waals surface area contributed by atoms with Crippen LogP contribution in [0.5, 0.6) is 0 Å². The van der Waals surface area contributed by atoms with Crippen molar-refractivity contribution in [3.63, 3.8) is 0 Å². The van der Waals surface area contributed by atoms with Crippen LogP contribution in [-0.2, 0) is 16.1 Å². The van der Waals surface area contributed by atoms with Gasteiger partial charge in [0.1, 0.15) is 5.15 Å². The Kier molecular flexibility index (Phi) is 8.88. The van der Waals surface area contributed by atoms with Crippen molar-refractivity contribution < 1.29 is 9.53 Å². The third-order valence-corrected chi connectivity index (χ3v) is 3.76. The van der Waals surface area contributed by atoms with Crippen LogP contribution in [0.4, 0.5) is 0 Å². The summed E-state index contributed by atoms with van der Waals surface area (Å²) in [6.45, 7) is 9.18. The van der Waals surface area contributed by atoms with Crippen LogP contribution in [0.1, 0.15) is 32.0 Å². The smallest absolute Gasteiger partial charge is 0.262 e. The van der Waals surface area contributed by atoms with Crippen molar-refractivity contribution in [3.05, 3.63) is 22.5 Å². The molecular formula is C16H26ClN5O2S. The van der Waals surface area contributed by atoms with Crippen LogP contribution < -0.4 is 16.2 Å². The number of amides is 1. The number of aryl methyl sites for hydroxylation is 1. The summed E-state index contributed by atoms with van der Waals surface area (Å²) < 4.78 is 6.74. The Labute approximate surface area is 159 Å². The van der Waals surface area contributed by atoms with E-state index in [1.165, 1.54) is 6.08 Å². The van der Waals surface area contributed by atoms with Crippen LogP contribution in [0, 0.1) is 12.8 Å². The van der Waals surface area contributed by atoms with Crippen LogP contribution in [-0.4, -0.2) is 40.6 Å². The zero-order chi connectivity index (χ0) is 19.0. The largest absolute Gasteiger partial charge is 0.383 e. The average Bonchev–Trinajstić information content (AvgIpc) is 2.77. The van der Waals surface area contributed by atoms with E-state index >= 15 is 0 Å². The van der Waals surface area contributed by atoms with Crippen molar-refractivity contribution in [3.8, 4) is 0 Å². The lowest BCUT2D eigenvalue weighted by Gasteiger charge is -2.15. The van der Waals surface area contributed by atoms with E-state index in [1.807, 2.05) is 13.8 Å². The number of hydrazine groups is 1. The molecule has 0 aliphatic rings. The molecule has 0 aliphatic carbocycles. The molecule has 1 aromatic rings. The molecule has 0 saturated heterocycles. The number of halogens is 1. The number of rotatable bonds is 7. The Hall–Kier alpha value is -1.64. The second kappa shape index (κ2) is 10.4. The van der Waals surface area contributed by atoms with Gasteiger partial charge in [0.25, 0.3) is 5.91 Å². The maximum atomic E-state index is 11.9. The number of hydrogen-bond acceptors (Lipinski definition) is 4.